The monoisotopic (exact) mass is 467 g/mol. The molecule has 26 heavy (non-hydrogen) atoms. The fourth-order valence-corrected chi connectivity index (χ4v) is 2.75. The van der Waals surface area contributed by atoms with Crippen molar-refractivity contribution in [3.63, 3.8) is 0 Å². The summed E-state index contributed by atoms with van der Waals surface area (Å²) in [4.78, 5) is 8.85. The number of halogens is 2. The molecule has 1 heterocycles. The fraction of sp³-hybridized carbons (Fsp3) is 0.263. The van der Waals surface area contributed by atoms with E-state index in [0.29, 0.717) is 19.0 Å². The zero-order valence-electron chi connectivity index (χ0n) is 14.9. The van der Waals surface area contributed by atoms with E-state index in [4.69, 9.17) is 0 Å². The van der Waals surface area contributed by atoms with Crippen LogP contribution in [-0.2, 0) is 20.0 Å². The van der Waals surface area contributed by atoms with Crippen LogP contribution in [0, 0.1) is 5.82 Å². The minimum Gasteiger partial charge on any atom is -0.356 e. The van der Waals surface area contributed by atoms with Crippen molar-refractivity contribution in [1.29, 1.82) is 0 Å². The zero-order valence-corrected chi connectivity index (χ0v) is 17.2. The Morgan fingerprint density at radius 1 is 1.15 bits per heavy atom. The largest absolute Gasteiger partial charge is 0.356 e. The summed E-state index contributed by atoms with van der Waals surface area (Å²) in [6, 6.07) is 14.7. The highest BCUT2D eigenvalue weighted by Gasteiger charge is 2.07. The Balaban J connectivity index is 0.00000243. The van der Waals surface area contributed by atoms with Crippen LogP contribution in [0.1, 0.15) is 11.4 Å². The fourth-order valence-electron chi connectivity index (χ4n) is 2.75. The van der Waals surface area contributed by atoms with Gasteiger partial charge >= 0.3 is 0 Å². The van der Waals surface area contributed by atoms with Gasteiger partial charge in [-0.05, 0) is 36.2 Å². The molecule has 0 aliphatic carbocycles. The summed E-state index contributed by atoms with van der Waals surface area (Å²) in [6.07, 6.45) is 0.727. The first-order chi connectivity index (χ1) is 12.2. The highest BCUT2D eigenvalue weighted by atomic mass is 127. The Morgan fingerprint density at radius 2 is 1.96 bits per heavy atom. The van der Waals surface area contributed by atoms with Crippen LogP contribution in [0.5, 0.6) is 0 Å². The van der Waals surface area contributed by atoms with Gasteiger partial charge in [0, 0.05) is 20.6 Å². The number of imidazole rings is 1. The van der Waals surface area contributed by atoms with Gasteiger partial charge in [0.1, 0.15) is 11.6 Å². The minimum atomic E-state index is -0.207. The lowest BCUT2D eigenvalue weighted by atomic mass is 10.1. The summed E-state index contributed by atoms with van der Waals surface area (Å²) in [7, 11) is 3.74. The van der Waals surface area contributed by atoms with Gasteiger partial charge in [0.05, 0.1) is 17.6 Å². The van der Waals surface area contributed by atoms with Gasteiger partial charge in [-0.2, -0.15) is 0 Å². The predicted molar refractivity (Wildman–Crippen MR) is 114 cm³/mol. The molecule has 1 aromatic heterocycles. The lowest BCUT2D eigenvalue weighted by Gasteiger charge is -2.12. The third kappa shape index (κ3) is 4.94. The third-order valence-corrected chi connectivity index (χ3v) is 4.11. The predicted octanol–water partition coefficient (Wildman–Crippen LogP) is 3.24. The van der Waals surface area contributed by atoms with Gasteiger partial charge in [0.15, 0.2) is 5.96 Å². The summed E-state index contributed by atoms with van der Waals surface area (Å²) in [5.74, 6) is 1.43. The molecule has 0 fully saturated rings. The minimum absolute atomic E-state index is 0. The molecule has 2 N–H and O–H groups in total. The van der Waals surface area contributed by atoms with E-state index in [1.807, 2.05) is 31.3 Å². The molecule has 0 aliphatic rings. The maximum Gasteiger partial charge on any atom is 0.191 e. The second-order valence-corrected chi connectivity index (χ2v) is 5.81. The Bertz CT molecular complexity index is 891. The van der Waals surface area contributed by atoms with E-state index in [2.05, 4.69) is 31.2 Å². The Kier molecular flexibility index (Phi) is 7.38. The highest BCUT2D eigenvalue weighted by Crippen LogP contribution is 2.13. The molecule has 0 amide bonds. The molecule has 3 aromatic rings. The molecule has 0 bridgehead atoms. The van der Waals surface area contributed by atoms with Crippen LogP contribution in [0.3, 0.4) is 0 Å². The van der Waals surface area contributed by atoms with Crippen molar-refractivity contribution in [3.05, 3.63) is 65.7 Å². The van der Waals surface area contributed by atoms with Gasteiger partial charge in [0.2, 0.25) is 0 Å². The zero-order chi connectivity index (χ0) is 17.6. The van der Waals surface area contributed by atoms with Gasteiger partial charge in [-0.25, -0.2) is 9.37 Å². The number of guanidine groups is 1. The van der Waals surface area contributed by atoms with Crippen molar-refractivity contribution in [2.45, 2.75) is 13.0 Å². The summed E-state index contributed by atoms with van der Waals surface area (Å²) in [6.45, 7) is 1.25. The number of para-hydroxylation sites is 2. The van der Waals surface area contributed by atoms with E-state index < -0.39 is 0 Å². The molecule has 0 spiro atoms. The van der Waals surface area contributed by atoms with Crippen molar-refractivity contribution >= 4 is 41.0 Å². The molecule has 2 aromatic carbocycles. The highest BCUT2D eigenvalue weighted by molar-refractivity contribution is 14.0. The lowest BCUT2D eigenvalue weighted by Crippen LogP contribution is -2.38. The number of aromatic nitrogens is 2. The molecule has 7 heteroatoms. The lowest BCUT2D eigenvalue weighted by molar-refractivity contribution is 0.625. The molecule has 138 valence electrons. The quantitative estimate of drug-likeness (QED) is 0.344. The van der Waals surface area contributed by atoms with E-state index in [0.717, 1.165) is 28.8 Å². The van der Waals surface area contributed by atoms with Crippen molar-refractivity contribution in [3.8, 4) is 0 Å². The molecular weight excluding hydrogens is 444 g/mol. The van der Waals surface area contributed by atoms with Gasteiger partial charge in [-0.1, -0.05) is 24.3 Å². The Labute approximate surface area is 169 Å². The number of aryl methyl sites for hydroxylation is 1. The maximum atomic E-state index is 13.2. The number of hydrogen-bond donors (Lipinski definition) is 2. The summed E-state index contributed by atoms with van der Waals surface area (Å²) in [5, 5.41) is 6.51. The van der Waals surface area contributed by atoms with E-state index in [9.17, 15) is 4.39 Å². The van der Waals surface area contributed by atoms with E-state index in [-0.39, 0.29) is 29.8 Å². The number of fused-ring (bicyclic) bond motifs is 1. The van der Waals surface area contributed by atoms with Crippen molar-refractivity contribution in [1.82, 2.24) is 20.2 Å². The Hall–Kier alpha value is -2.16. The van der Waals surface area contributed by atoms with Crippen molar-refractivity contribution in [2.24, 2.45) is 12.0 Å². The first-order valence-corrected chi connectivity index (χ1v) is 8.26. The maximum absolute atomic E-state index is 13.2. The van der Waals surface area contributed by atoms with Crippen LogP contribution in [0.4, 0.5) is 4.39 Å². The van der Waals surface area contributed by atoms with Crippen LogP contribution in [0.15, 0.2) is 53.5 Å². The molecule has 0 aliphatic heterocycles. The summed E-state index contributed by atoms with van der Waals surface area (Å²) in [5.41, 5.74) is 3.04. The first-order valence-electron chi connectivity index (χ1n) is 8.26. The second-order valence-electron chi connectivity index (χ2n) is 5.81. The number of hydrogen-bond acceptors (Lipinski definition) is 2. The van der Waals surface area contributed by atoms with Crippen LogP contribution >= 0.6 is 24.0 Å². The first kappa shape index (κ1) is 20.2. The molecule has 0 unspecified atom stereocenters. The number of nitrogens with one attached hydrogen (secondary N) is 2. The third-order valence-electron chi connectivity index (χ3n) is 4.11. The number of nitrogens with zero attached hydrogens (tertiary/aromatic N) is 3. The number of rotatable bonds is 5. The normalized spacial score (nSPS) is 11.3. The van der Waals surface area contributed by atoms with Gasteiger partial charge in [0.25, 0.3) is 0 Å². The van der Waals surface area contributed by atoms with Crippen LogP contribution in [0.2, 0.25) is 0 Å². The summed E-state index contributed by atoms with van der Waals surface area (Å²) >= 11 is 0. The van der Waals surface area contributed by atoms with Crippen LogP contribution in [-0.4, -0.2) is 29.1 Å². The molecule has 5 nitrogen and oxygen atoms in total. The topological polar surface area (TPSA) is 54.2 Å². The van der Waals surface area contributed by atoms with Crippen LogP contribution in [0.25, 0.3) is 11.0 Å². The van der Waals surface area contributed by atoms with E-state index in [1.54, 1.807) is 19.2 Å². The second kappa shape index (κ2) is 9.51. The SMILES string of the molecule is CN=C(NCCc1cccc(F)c1)NCc1nc2ccccc2n1C.I. The van der Waals surface area contributed by atoms with E-state index >= 15 is 0 Å². The smallest absolute Gasteiger partial charge is 0.191 e. The molecular formula is C19H23FIN5. The van der Waals surface area contributed by atoms with E-state index in [1.165, 1.54) is 6.07 Å². The number of benzene rings is 2. The van der Waals surface area contributed by atoms with Gasteiger partial charge < -0.3 is 15.2 Å². The average Bonchev–Trinajstić information content (AvgIpc) is 2.94. The average molecular weight is 467 g/mol. The standard InChI is InChI=1S/C19H22FN5.HI/c1-21-19(22-11-10-14-6-5-7-15(20)12-14)23-13-18-24-16-8-3-4-9-17(16)25(18)2;/h3-9,12H,10-11,13H2,1-2H3,(H2,21,22,23);1H. The molecule has 0 saturated carbocycles. The van der Waals surface area contributed by atoms with Crippen LogP contribution < -0.4 is 10.6 Å². The molecule has 0 saturated heterocycles. The summed E-state index contributed by atoms with van der Waals surface area (Å²) < 4.78 is 15.3. The van der Waals surface area contributed by atoms with Crippen molar-refractivity contribution in [2.75, 3.05) is 13.6 Å². The molecule has 0 radical (unpaired) electrons. The van der Waals surface area contributed by atoms with Gasteiger partial charge in [-0.3, -0.25) is 4.99 Å². The molecule has 0 atom stereocenters. The van der Waals surface area contributed by atoms with Gasteiger partial charge in [-0.15, -0.1) is 24.0 Å². The molecule has 3 rings (SSSR count). The number of aliphatic imine (C=N–C) groups is 1. The Morgan fingerprint density at radius 3 is 2.69 bits per heavy atom. The van der Waals surface area contributed by atoms with Crippen molar-refractivity contribution < 1.29 is 4.39 Å².